The van der Waals surface area contributed by atoms with E-state index in [9.17, 15) is 19.7 Å². The van der Waals surface area contributed by atoms with Crippen molar-refractivity contribution in [3.8, 4) is 0 Å². The number of nitrogens with zero attached hydrogens (tertiary/aromatic N) is 2. The molecule has 1 fully saturated rings. The maximum atomic E-state index is 12.7. The van der Waals surface area contributed by atoms with Crippen LogP contribution in [0.1, 0.15) is 18.4 Å². The van der Waals surface area contributed by atoms with Crippen LogP contribution in [0.2, 0.25) is 5.02 Å². The van der Waals surface area contributed by atoms with Gasteiger partial charge in [-0.25, -0.2) is 4.90 Å². The molecule has 0 saturated carbocycles. The molecule has 2 atom stereocenters. The molecule has 29 heavy (non-hydrogen) atoms. The van der Waals surface area contributed by atoms with E-state index < -0.39 is 4.92 Å². The Bertz CT molecular complexity index is 1010. The van der Waals surface area contributed by atoms with Crippen molar-refractivity contribution in [3.63, 3.8) is 0 Å². The number of imide groups is 1. The third-order valence-corrected chi connectivity index (χ3v) is 5.55. The van der Waals surface area contributed by atoms with E-state index in [-0.39, 0.29) is 35.0 Å². The molecule has 0 unspecified atom stereocenters. The molecule has 1 aliphatic carbocycles. The Morgan fingerprint density at radius 1 is 1.07 bits per heavy atom. The van der Waals surface area contributed by atoms with Crippen molar-refractivity contribution in [1.29, 1.82) is 0 Å². The molecule has 2 aromatic carbocycles. The summed E-state index contributed by atoms with van der Waals surface area (Å²) in [7, 11) is 0. The van der Waals surface area contributed by atoms with Crippen LogP contribution in [-0.2, 0) is 16.1 Å². The smallest absolute Gasteiger partial charge is 0.294 e. The Balaban J connectivity index is 1.60. The number of rotatable bonds is 5. The summed E-state index contributed by atoms with van der Waals surface area (Å²) in [6.07, 6.45) is 4.85. The van der Waals surface area contributed by atoms with Gasteiger partial charge in [-0.05, 0) is 42.7 Å². The maximum Gasteiger partial charge on any atom is 0.294 e. The molecule has 148 valence electrons. The third-order valence-electron chi connectivity index (χ3n) is 5.32. The molecule has 7 nitrogen and oxygen atoms in total. The quantitative estimate of drug-likeness (QED) is 0.342. The van der Waals surface area contributed by atoms with Crippen LogP contribution in [0, 0.1) is 22.0 Å². The van der Waals surface area contributed by atoms with Gasteiger partial charge in [-0.3, -0.25) is 19.7 Å². The first-order chi connectivity index (χ1) is 14.0. The molecule has 1 aliphatic heterocycles. The number of fused-ring (bicyclic) bond motifs is 1. The zero-order valence-corrected chi connectivity index (χ0v) is 16.1. The van der Waals surface area contributed by atoms with E-state index in [2.05, 4.69) is 5.32 Å². The minimum Gasteiger partial charge on any atom is -0.375 e. The minimum atomic E-state index is -0.524. The number of hydrogen-bond donors (Lipinski definition) is 1. The highest BCUT2D eigenvalue weighted by Crippen LogP contribution is 2.39. The average molecular weight is 412 g/mol. The summed E-state index contributed by atoms with van der Waals surface area (Å²) >= 11 is 5.97. The fraction of sp³-hybridized carbons (Fsp3) is 0.238. The van der Waals surface area contributed by atoms with Crippen molar-refractivity contribution in [1.82, 2.24) is 0 Å². The topological polar surface area (TPSA) is 92.6 Å². The van der Waals surface area contributed by atoms with Gasteiger partial charge in [0.2, 0.25) is 11.8 Å². The Kier molecular flexibility index (Phi) is 5.07. The second-order valence-corrected chi connectivity index (χ2v) is 7.55. The predicted octanol–water partition coefficient (Wildman–Crippen LogP) is 4.32. The number of allylic oxidation sites excluding steroid dienone is 2. The van der Waals surface area contributed by atoms with Crippen molar-refractivity contribution in [3.05, 3.63) is 75.3 Å². The van der Waals surface area contributed by atoms with E-state index in [1.165, 1.54) is 12.1 Å². The second-order valence-electron chi connectivity index (χ2n) is 7.11. The Morgan fingerprint density at radius 3 is 2.38 bits per heavy atom. The molecular weight excluding hydrogens is 394 g/mol. The van der Waals surface area contributed by atoms with Crippen LogP contribution in [0.15, 0.2) is 54.6 Å². The molecule has 1 saturated heterocycles. The molecule has 1 N–H and O–H groups in total. The van der Waals surface area contributed by atoms with Gasteiger partial charge in [0.25, 0.3) is 5.69 Å². The lowest BCUT2D eigenvalue weighted by Crippen LogP contribution is -2.30. The maximum absolute atomic E-state index is 12.7. The zero-order chi connectivity index (χ0) is 20.5. The van der Waals surface area contributed by atoms with Crippen LogP contribution in [0.5, 0.6) is 0 Å². The number of benzene rings is 2. The summed E-state index contributed by atoms with van der Waals surface area (Å²) < 4.78 is 0. The van der Waals surface area contributed by atoms with E-state index in [4.69, 9.17) is 11.6 Å². The summed E-state index contributed by atoms with van der Waals surface area (Å²) in [5.41, 5.74) is 1.21. The molecule has 0 aromatic heterocycles. The van der Waals surface area contributed by atoms with Gasteiger partial charge in [-0.15, -0.1) is 0 Å². The Labute approximate surface area is 172 Å². The summed E-state index contributed by atoms with van der Waals surface area (Å²) in [5, 5.41) is 15.2. The van der Waals surface area contributed by atoms with Crippen molar-refractivity contribution in [2.45, 2.75) is 19.4 Å². The van der Waals surface area contributed by atoms with Crippen LogP contribution in [0.4, 0.5) is 17.1 Å². The number of nitrogens with one attached hydrogen (secondary N) is 1. The fourth-order valence-corrected chi connectivity index (χ4v) is 4.07. The lowest BCUT2D eigenvalue weighted by atomic mass is 9.85. The van der Waals surface area contributed by atoms with E-state index in [1.807, 2.05) is 18.2 Å². The highest BCUT2D eigenvalue weighted by Gasteiger charge is 2.48. The van der Waals surface area contributed by atoms with Crippen molar-refractivity contribution in [2.24, 2.45) is 11.8 Å². The van der Waals surface area contributed by atoms with Crippen LogP contribution < -0.4 is 10.2 Å². The minimum absolute atomic E-state index is 0.196. The number of halogens is 1. The van der Waals surface area contributed by atoms with Gasteiger partial charge in [-0.1, -0.05) is 35.9 Å². The number of nitro benzene ring substituents is 1. The molecule has 0 spiro atoms. The second kappa shape index (κ2) is 7.67. The Morgan fingerprint density at radius 2 is 1.76 bits per heavy atom. The van der Waals surface area contributed by atoms with Gasteiger partial charge < -0.3 is 5.32 Å². The molecule has 0 radical (unpaired) electrons. The van der Waals surface area contributed by atoms with E-state index >= 15 is 0 Å². The van der Waals surface area contributed by atoms with Gasteiger partial charge in [0.15, 0.2) is 0 Å². The number of carbonyl (C=O) groups excluding carboxylic acids is 2. The molecular formula is C21H18ClN3O4. The van der Waals surface area contributed by atoms with Gasteiger partial charge in [0.05, 0.1) is 22.4 Å². The monoisotopic (exact) mass is 411 g/mol. The Hall–Kier alpha value is -3.19. The predicted molar refractivity (Wildman–Crippen MR) is 110 cm³/mol. The lowest BCUT2D eigenvalue weighted by molar-refractivity contribution is -0.383. The molecule has 0 bridgehead atoms. The molecule has 2 aromatic rings. The molecule has 2 amide bonds. The summed E-state index contributed by atoms with van der Waals surface area (Å²) in [4.78, 5) is 37.6. The highest BCUT2D eigenvalue weighted by atomic mass is 35.5. The SMILES string of the molecule is O=C1[C@@H]2CC=CC[C@H]2C(=O)N1c1ccc(NCc2cccc(Cl)c2)c([N+](=O)[O-])c1. The first-order valence-electron chi connectivity index (χ1n) is 9.25. The first-order valence-corrected chi connectivity index (χ1v) is 9.63. The molecule has 4 rings (SSSR count). The standard InChI is InChI=1S/C21H18ClN3O4/c22-14-5-3-4-13(10-14)12-23-18-9-8-15(11-19(18)25(28)29)24-20(26)16-6-1-2-7-17(16)21(24)27/h1-5,8-11,16-17,23H,6-7,12H2/t16-,17-/m1/s1. The molecule has 1 heterocycles. The largest absolute Gasteiger partial charge is 0.375 e. The van der Waals surface area contributed by atoms with Gasteiger partial charge in [0.1, 0.15) is 5.69 Å². The van der Waals surface area contributed by atoms with Gasteiger partial charge >= 0.3 is 0 Å². The van der Waals surface area contributed by atoms with Crippen molar-refractivity contribution >= 4 is 40.5 Å². The average Bonchev–Trinajstić information content (AvgIpc) is 2.97. The summed E-state index contributed by atoms with van der Waals surface area (Å²) in [6.45, 7) is 0.345. The van der Waals surface area contributed by atoms with E-state index in [1.54, 1.807) is 24.3 Å². The van der Waals surface area contributed by atoms with Crippen LogP contribution in [0.3, 0.4) is 0 Å². The highest BCUT2D eigenvalue weighted by molar-refractivity contribution is 6.30. The number of nitro groups is 1. The number of anilines is 2. The lowest BCUT2D eigenvalue weighted by Gasteiger charge is -2.16. The van der Waals surface area contributed by atoms with Gasteiger partial charge in [0, 0.05) is 17.6 Å². The third kappa shape index (κ3) is 3.61. The van der Waals surface area contributed by atoms with Crippen LogP contribution >= 0.6 is 11.6 Å². The van der Waals surface area contributed by atoms with E-state index in [0.717, 1.165) is 10.5 Å². The first kappa shape index (κ1) is 19.1. The van der Waals surface area contributed by atoms with E-state index in [0.29, 0.717) is 30.1 Å². The zero-order valence-electron chi connectivity index (χ0n) is 15.4. The number of hydrogen-bond acceptors (Lipinski definition) is 5. The summed E-state index contributed by atoms with van der Waals surface area (Å²) in [6, 6.07) is 11.5. The molecule has 8 heteroatoms. The van der Waals surface area contributed by atoms with Crippen LogP contribution in [0.25, 0.3) is 0 Å². The van der Waals surface area contributed by atoms with Crippen molar-refractivity contribution in [2.75, 3.05) is 10.2 Å². The fourth-order valence-electron chi connectivity index (χ4n) is 3.86. The number of amides is 2. The summed E-state index contributed by atoms with van der Waals surface area (Å²) in [5.74, 6) is -1.35. The van der Waals surface area contributed by atoms with Gasteiger partial charge in [-0.2, -0.15) is 0 Å². The van der Waals surface area contributed by atoms with Crippen molar-refractivity contribution < 1.29 is 14.5 Å². The van der Waals surface area contributed by atoms with Crippen LogP contribution in [-0.4, -0.2) is 16.7 Å². The number of carbonyl (C=O) groups is 2. The normalized spacial score (nSPS) is 20.7. The molecule has 2 aliphatic rings.